The van der Waals surface area contributed by atoms with Gasteiger partial charge in [-0.2, -0.15) is 5.26 Å². The molecule has 3 aromatic carbocycles. The number of carbonyl (C=O) groups excluding carboxylic acids is 3. The average Bonchev–Trinajstić information content (AvgIpc) is 3.54. The molecule has 0 saturated carbocycles. The summed E-state index contributed by atoms with van der Waals surface area (Å²) in [4.78, 5) is 48.6. The molecule has 3 aromatic rings. The zero-order valence-corrected chi connectivity index (χ0v) is 33.4. The third-order valence-corrected chi connectivity index (χ3v) is 13.4. The van der Waals surface area contributed by atoms with E-state index in [1.54, 1.807) is 18.2 Å². The number of hydrogen-bond acceptors (Lipinski definition) is 9. The number of halogens is 2. The maximum Gasteiger partial charge on any atom is 0.256 e. The maximum absolute atomic E-state index is 15.6. The molecule has 0 radical (unpaired) electrons. The molecule has 5 aliphatic rings. The third kappa shape index (κ3) is 8.56. The van der Waals surface area contributed by atoms with E-state index in [1.165, 1.54) is 0 Å². The van der Waals surface area contributed by atoms with Gasteiger partial charge in [0, 0.05) is 101 Å². The molecule has 57 heavy (non-hydrogen) atoms. The molecule has 2 N–H and O–H groups in total. The Labute approximate surface area is 339 Å². The topological polar surface area (TPSA) is 115 Å². The van der Waals surface area contributed by atoms with Gasteiger partial charge in [-0.15, -0.1) is 0 Å². The normalized spacial score (nSPS) is 23.1. The molecule has 300 valence electrons. The number of carbonyl (C=O) groups is 3. The van der Waals surface area contributed by atoms with Crippen molar-refractivity contribution in [3.63, 3.8) is 0 Å². The summed E-state index contributed by atoms with van der Waals surface area (Å²) in [6, 6.07) is 21.0. The smallest absolute Gasteiger partial charge is 0.256 e. The highest BCUT2D eigenvalue weighted by atomic mass is 35.5. The Morgan fingerprint density at radius 3 is 2.33 bits per heavy atom. The highest BCUT2D eigenvalue weighted by Gasteiger charge is 2.44. The Morgan fingerprint density at radius 1 is 0.912 bits per heavy atom. The molecule has 2 atom stereocenters. The highest BCUT2D eigenvalue weighted by molar-refractivity contribution is 6.32. The predicted octanol–water partition coefficient (Wildman–Crippen LogP) is 6.13. The van der Waals surface area contributed by atoms with Crippen molar-refractivity contribution in [3.8, 4) is 6.07 Å². The van der Waals surface area contributed by atoms with Gasteiger partial charge >= 0.3 is 0 Å². The second-order valence-electron chi connectivity index (χ2n) is 16.8. The lowest BCUT2D eigenvalue weighted by molar-refractivity contribution is -0.133. The molecule has 5 fully saturated rings. The first-order chi connectivity index (χ1) is 27.6. The van der Waals surface area contributed by atoms with Gasteiger partial charge in [0.25, 0.3) is 5.91 Å². The van der Waals surface area contributed by atoms with Crippen LogP contribution in [0.15, 0.2) is 60.7 Å². The van der Waals surface area contributed by atoms with Crippen LogP contribution >= 0.6 is 11.6 Å². The van der Waals surface area contributed by atoms with Gasteiger partial charge in [-0.05, 0) is 111 Å². The van der Waals surface area contributed by atoms with E-state index in [-0.39, 0.29) is 28.7 Å². The number of likely N-dealkylation sites (tertiary alicyclic amines) is 1. The van der Waals surface area contributed by atoms with E-state index in [4.69, 9.17) is 11.6 Å². The summed E-state index contributed by atoms with van der Waals surface area (Å²) in [5.74, 6) is -0.669. The van der Waals surface area contributed by atoms with Crippen molar-refractivity contribution in [1.29, 1.82) is 5.26 Å². The van der Waals surface area contributed by atoms with Crippen LogP contribution in [-0.4, -0.2) is 105 Å². The number of piperazine rings is 1. The zero-order chi connectivity index (χ0) is 39.7. The van der Waals surface area contributed by atoms with Gasteiger partial charge < -0.3 is 24.9 Å². The van der Waals surface area contributed by atoms with Crippen LogP contribution in [0.5, 0.6) is 0 Å². The molecule has 5 aliphatic heterocycles. The number of nitrogens with zero attached hydrogens (tertiary/aromatic N) is 6. The van der Waals surface area contributed by atoms with E-state index in [9.17, 15) is 19.6 Å². The number of anilines is 4. The molecule has 5 saturated heterocycles. The largest absolute Gasteiger partial charge is 0.374 e. The van der Waals surface area contributed by atoms with Gasteiger partial charge in [0.05, 0.1) is 16.1 Å². The Morgan fingerprint density at radius 2 is 1.63 bits per heavy atom. The Bertz CT molecular complexity index is 2030. The number of benzene rings is 3. The van der Waals surface area contributed by atoms with Crippen LogP contribution in [0.4, 0.5) is 27.1 Å². The first-order valence-electron chi connectivity index (χ1n) is 20.5. The zero-order valence-electron chi connectivity index (χ0n) is 32.7. The van der Waals surface area contributed by atoms with Gasteiger partial charge in [-0.25, -0.2) is 4.39 Å². The Kier molecular flexibility index (Phi) is 11.3. The molecule has 13 heteroatoms. The number of amides is 3. The molecule has 0 aliphatic carbocycles. The highest BCUT2D eigenvalue weighted by Crippen LogP contribution is 2.46. The second kappa shape index (κ2) is 16.5. The molecule has 8 rings (SSSR count). The lowest BCUT2D eigenvalue weighted by Crippen LogP contribution is -2.49. The van der Waals surface area contributed by atoms with Crippen molar-refractivity contribution >= 4 is 52.1 Å². The number of piperidine rings is 3. The van der Waals surface area contributed by atoms with E-state index in [2.05, 4.69) is 55.4 Å². The monoisotopic (exact) mass is 794 g/mol. The second-order valence-corrected chi connectivity index (χ2v) is 17.2. The van der Waals surface area contributed by atoms with Crippen LogP contribution in [0.1, 0.15) is 67.8 Å². The summed E-state index contributed by atoms with van der Waals surface area (Å²) in [5, 5.41) is 15.5. The predicted molar refractivity (Wildman–Crippen MR) is 221 cm³/mol. The fourth-order valence-corrected chi connectivity index (χ4v) is 10.00. The first-order valence-corrected chi connectivity index (χ1v) is 20.9. The molecule has 11 nitrogen and oxygen atoms in total. The van der Waals surface area contributed by atoms with Crippen LogP contribution in [0.3, 0.4) is 0 Å². The number of nitrogens with one attached hydrogen (secondary N) is 2. The molecule has 0 bridgehead atoms. The number of imide groups is 1. The van der Waals surface area contributed by atoms with Gasteiger partial charge in [-0.3, -0.25) is 24.6 Å². The molecule has 0 aromatic heterocycles. The van der Waals surface area contributed by atoms with Crippen molar-refractivity contribution in [1.82, 2.24) is 15.1 Å². The number of rotatable bonds is 8. The van der Waals surface area contributed by atoms with E-state index < -0.39 is 11.9 Å². The van der Waals surface area contributed by atoms with Crippen molar-refractivity contribution in [2.45, 2.75) is 64.0 Å². The Hall–Kier alpha value is -4.86. The van der Waals surface area contributed by atoms with Crippen LogP contribution < -0.4 is 25.3 Å². The summed E-state index contributed by atoms with van der Waals surface area (Å²) in [5.41, 5.74) is 4.69. The number of nitriles is 1. The molecule has 3 amide bonds. The number of hydrogen-bond donors (Lipinski definition) is 2. The summed E-state index contributed by atoms with van der Waals surface area (Å²) in [6.07, 6.45) is 5.74. The van der Waals surface area contributed by atoms with Crippen molar-refractivity contribution in [2.75, 3.05) is 85.5 Å². The minimum atomic E-state index is -0.451. The SMILES string of the molecule is C[C@H]1CC2(CCN(c3ccc(C(=O)N4CCC(CN5CCN(c6cccc(NC7CCC(=O)NC7=O)c6)CC5)CC4)c(F)c3)CC2)CN1c1ccc(C#N)c(Cl)c1. The summed E-state index contributed by atoms with van der Waals surface area (Å²) < 4.78 is 15.6. The standard InChI is InChI=1S/C44H52ClFN8O3/c1-30-26-44(29-54(30)36-6-5-32(27-47)38(45)24-36)13-17-51(18-14-44)35-7-8-37(39(46)25-35)43(57)53-15-11-31(12-16-53)28-50-19-21-52(22-20-50)34-4-2-3-33(23-34)48-40-9-10-41(55)49-42(40)56/h2-8,23-25,30-31,40,48H,9-22,26,28-29H2,1H3,(H,49,55,56)/t30-,40?/m0/s1. The molecule has 1 unspecified atom stereocenters. The van der Waals surface area contributed by atoms with Crippen molar-refractivity contribution in [3.05, 3.63) is 82.6 Å². The van der Waals surface area contributed by atoms with Crippen LogP contribution in [0, 0.1) is 28.5 Å². The summed E-state index contributed by atoms with van der Waals surface area (Å²) >= 11 is 6.36. The third-order valence-electron chi connectivity index (χ3n) is 13.1. The molecular formula is C44H52ClFN8O3. The maximum atomic E-state index is 15.6. The lowest BCUT2D eigenvalue weighted by atomic mass is 9.76. The minimum Gasteiger partial charge on any atom is -0.374 e. The summed E-state index contributed by atoms with van der Waals surface area (Å²) in [6.45, 7) is 10.8. The quantitative estimate of drug-likeness (QED) is 0.260. The van der Waals surface area contributed by atoms with Crippen LogP contribution in [0.2, 0.25) is 5.02 Å². The van der Waals surface area contributed by atoms with E-state index in [0.717, 1.165) is 107 Å². The lowest BCUT2D eigenvalue weighted by Gasteiger charge is -2.40. The molecule has 1 spiro atoms. The van der Waals surface area contributed by atoms with Crippen LogP contribution in [0.25, 0.3) is 0 Å². The van der Waals surface area contributed by atoms with Gasteiger partial charge in [0.1, 0.15) is 17.9 Å². The summed E-state index contributed by atoms with van der Waals surface area (Å²) in [7, 11) is 0. The Balaban J connectivity index is 0.778. The van der Waals surface area contributed by atoms with Crippen LogP contribution in [-0.2, 0) is 9.59 Å². The van der Waals surface area contributed by atoms with Gasteiger partial charge in [0.15, 0.2) is 0 Å². The van der Waals surface area contributed by atoms with E-state index in [1.807, 2.05) is 35.2 Å². The minimum absolute atomic E-state index is 0.152. The first kappa shape index (κ1) is 39.0. The molecule has 5 heterocycles. The van der Waals surface area contributed by atoms with Crippen molar-refractivity contribution in [2.24, 2.45) is 11.3 Å². The van der Waals surface area contributed by atoms with Gasteiger partial charge in [-0.1, -0.05) is 17.7 Å². The van der Waals surface area contributed by atoms with E-state index in [0.29, 0.717) is 48.5 Å². The fraction of sp³-hybridized carbons (Fsp3) is 0.500. The van der Waals surface area contributed by atoms with Crippen molar-refractivity contribution < 1.29 is 18.8 Å². The fourth-order valence-electron chi connectivity index (χ4n) is 9.78. The molecular weight excluding hydrogens is 743 g/mol. The van der Waals surface area contributed by atoms with Gasteiger partial charge in [0.2, 0.25) is 11.8 Å². The average molecular weight is 795 g/mol. The van der Waals surface area contributed by atoms with E-state index >= 15 is 4.39 Å².